The largest absolute Gasteiger partial charge is 0.457 e. The van der Waals surface area contributed by atoms with Crippen molar-refractivity contribution in [2.45, 2.75) is 26.0 Å². The first kappa shape index (κ1) is 22.3. The Labute approximate surface area is 181 Å². The summed E-state index contributed by atoms with van der Waals surface area (Å²) >= 11 is 0. The summed E-state index contributed by atoms with van der Waals surface area (Å²) in [6, 6.07) is 13.4. The number of aliphatic imine (C=N–C) groups is 1. The zero-order valence-electron chi connectivity index (χ0n) is 18.0. The van der Waals surface area contributed by atoms with E-state index in [2.05, 4.69) is 20.7 Å². The van der Waals surface area contributed by atoms with Crippen molar-refractivity contribution in [1.82, 2.24) is 20.4 Å². The number of nitrogens with zero attached hydrogens (tertiary/aromatic N) is 3. The van der Waals surface area contributed by atoms with E-state index in [1.54, 1.807) is 36.1 Å². The van der Waals surface area contributed by atoms with Crippen molar-refractivity contribution in [3.8, 4) is 11.5 Å². The Bertz CT molecular complexity index is 998. The van der Waals surface area contributed by atoms with Gasteiger partial charge in [0.05, 0.1) is 19.3 Å². The van der Waals surface area contributed by atoms with Gasteiger partial charge in [0.2, 0.25) is 0 Å². The van der Waals surface area contributed by atoms with Crippen LogP contribution in [-0.4, -0.2) is 33.9 Å². The number of rotatable bonds is 8. The molecule has 2 aromatic carbocycles. The van der Waals surface area contributed by atoms with E-state index in [1.165, 1.54) is 12.1 Å². The van der Waals surface area contributed by atoms with E-state index in [4.69, 9.17) is 4.74 Å². The van der Waals surface area contributed by atoms with Gasteiger partial charge in [-0.2, -0.15) is 5.10 Å². The summed E-state index contributed by atoms with van der Waals surface area (Å²) in [7, 11) is 1.81. The topological polar surface area (TPSA) is 83.7 Å². The molecular formula is C23H28FN5O2. The molecule has 0 amide bonds. The van der Waals surface area contributed by atoms with Gasteiger partial charge in [0.1, 0.15) is 22.9 Å². The number of aliphatic hydroxyl groups is 1. The van der Waals surface area contributed by atoms with Crippen molar-refractivity contribution >= 4 is 5.96 Å². The normalized spacial score (nSPS) is 13.5. The Balaban J connectivity index is 1.58. The van der Waals surface area contributed by atoms with Crippen molar-refractivity contribution in [2.24, 2.45) is 12.0 Å². The molecule has 0 aliphatic rings. The van der Waals surface area contributed by atoms with Crippen molar-refractivity contribution in [1.29, 1.82) is 0 Å². The third-order valence-electron chi connectivity index (χ3n) is 4.66. The molecule has 3 aromatic rings. The molecule has 3 N–H and O–H groups in total. The van der Waals surface area contributed by atoms with Gasteiger partial charge in [-0.25, -0.2) is 9.38 Å². The molecule has 7 nitrogen and oxygen atoms in total. The van der Waals surface area contributed by atoms with Crippen LogP contribution < -0.4 is 15.4 Å². The van der Waals surface area contributed by atoms with Gasteiger partial charge in [-0.1, -0.05) is 12.1 Å². The number of guanidine groups is 1. The lowest BCUT2D eigenvalue weighted by Gasteiger charge is -2.23. The molecule has 0 radical (unpaired) electrons. The smallest absolute Gasteiger partial charge is 0.191 e. The third-order valence-corrected chi connectivity index (χ3v) is 4.66. The summed E-state index contributed by atoms with van der Waals surface area (Å²) in [5, 5.41) is 21.2. The van der Waals surface area contributed by atoms with E-state index < -0.39 is 5.60 Å². The first-order chi connectivity index (χ1) is 14.9. The molecule has 0 saturated heterocycles. The zero-order valence-corrected chi connectivity index (χ0v) is 18.0. The van der Waals surface area contributed by atoms with E-state index in [1.807, 2.05) is 38.2 Å². The molecule has 1 aromatic heterocycles. The molecule has 31 heavy (non-hydrogen) atoms. The lowest BCUT2D eigenvalue weighted by atomic mass is 10.00. The van der Waals surface area contributed by atoms with Gasteiger partial charge in [0, 0.05) is 25.4 Å². The van der Waals surface area contributed by atoms with Crippen LogP contribution in [0.1, 0.15) is 25.0 Å². The molecule has 1 unspecified atom stereocenters. The Morgan fingerprint density at radius 2 is 1.77 bits per heavy atom. The molecule has 1 heterocycles. The molecule has 3 rings (SSSR count). The van der Waals surface area contributed by atoms with Crippen LogP contribution in [-0.2, 0) is 19.2 Å². The molecule has 0 bridgehead atoms. The lowest BCUT2D eigenvalue weighted by molar-refractivity contribution is 0.0616. The first-order valence-corrected chi connectivity index (χ1v) is 10.1. The summed E-state index contributed by atoms with van der Waals surface area (Å²) in [5.41, 5.74) is 0.654. The monoisotopic (exact) mass is 425 g/mol. The van der Waals surface area contributed by atoms with Crippen LogP contribution in [0, 0.1) is 5.82 Å². The van der Waals surface area contributed by atoms with Crippen LogP contribution in [0.15, 0.2) is 65.9 Å². The van der Waals surface area contributed by atoms with Gasteiger partial charge in [-0.15, -0.1) is 0 Å². The average Bonchev–Trinajstić information content (AvgIpc) is 3.20. The quantitative estimate of drug-likeness (QED) is 0.381. The van der Waals surface area contributed by atoms with Crippen LogP contribution in [0.3, 0.4) is 0 Å². The Hall–Kier alpha value is -3.39. The Morgan fingerprint density at radius 1 is 1.13 bits per heavy atom. The van der Waals surface area contributed by atoms with E-state index in [0.717, 1.165) is 11.1 Å². The molecule has 0 aliphatic heterocycles. The fourth-order valence-corrected chi connectivity index (χ4v) is 2.87. The maximum absolute atomic E-state index is 13.0. The zero-order chi connectivity index (χ0) is 22.3. The van der Waals surface area contributed by atoms with Gasteiger partial charge in [0.15, 0.2) is 5.96 Å². The highest BCUT2D eigenvalue weighted by Crippen LogP contribution is 2.22. The van der Waals surface area contributed by atoms with Gasteiger partial charge < -0.3 is 20.5 Å². The number of hydrogen-bond donors (Lipinski definition) is 3. The van der Waals surface area contributed by atoms with Gasteiger partial charge in [-0.3, -0.25) is 4.68 Å². The molecule has 0 fully saturated rings. The molecule has 164 valence electrons. The van der Waals surface area contributed by atoms with E-state index in [0.29, 0.717) is 30.5 Å². The number of aromatic nitrogens is 2. The van der Waals surface area contributed by atoms with Gasteiger partial charge in [-0.05, 0) is 55.8 Å². The van der Waals surface area contributed by atoms with Gasteiger partial charge in [0.25, 0.3) is 0 Å². The number of benzene rings is 2. The minimum atomic E-state index is -1.08. The Kier molecular flexibility index (Phi) is 7.25. The number of nitrogens with one attached hydrogen (secondary N) is 2. The first-order valence-electron chi connectivity index (χ1n) is 10.1. The number of halogens is 1. The van der Waals surface area contributed by atoms with Gasteiger partial charge >= 0.3 is 0 Å². The number of aryl methyl sites for hydroxylation is 1. The second kappa shape index (κ2) is 10.1. The molecule has 0 aliphatic carbocycles. The average molecular weight is 426 g/mol. The minimum Gasteiger partial charge on any atom is -0.457 e. The molecule has 0 saturated carbocycles. The van der Waals surface area contributed by atoms with E-state index >= 15 is 0 Å². The predicted molar refractivity (Wildman–Crippen MR) is 119 cm³/mol. The van der Waals surface area contributed by atoms with Crippen LogP contribution in [0.25, 0.3) is 0 Å². The van der Waals surface area contributed by atoms with Crippen LogP contribution in [0.2, 0.25) is 0 Å². The highest BCUT2D eigenvalue weighted by Gasteiger charge is 2.24. The number of hydrogen-bond acceptors (Lipinski definition) is 4. The van der Waals surface area contributed by atoms with Crippen LogP contribution in [0.5, 0.6) is 11.5 Å². The molecular weight excluding hydrogens is 397 g/mol. The highest BCUT2D eigenvalue weighted by atomic mass is 19.1. The summed E-state index contributed by atoms with van der Waals surface area (Å²) in [6.45, 7) is 5.17. The molecule has 1 atom stereocenters. The maximum Gasteiger partial charge on any atom is 0.191 e. The summed E-state index contributed by atoms with van der Waals surface area (Å²) in [6.07, 6.45) is 3.45. The van der Waals surface area contributed by atoms with Crippen molar-refractivity contribution in [2.75, 3.05) is 13.1 Å². The summed E-state index contributed by atoms with van der Waals surface area (Å²) < 4.78 is 20.4. The lowest BCUT2D eigenvalue weighted by Crippen LogP contribution is -2.44. The van der Waals surface area contributed by atoms with Crippen LogP contribution >= 0.6 is 0 Å². The minimum absolute atomic E-state index is 0.287. The summed E-state index contributed by atoms with van der Waals surface area (Å²) in [4.78, 5) is 4.59. The van der Waals surface area contributed by atoms with Crippen molar-refractivity contribution in [3.63, 3.8) is 0 Å². The Morgan fingerprint density at radius 3 is 2.35 bits per heavy atom. The second-order valence-electron chi connectivity index (χ2n) is 7.43. The molecule has 8 heteroatoms. The SMILES string of the molecule is CCNC(=NCc1ccc(Oc2ccc(F)cc2)cc1)NCC(C)(O)c1cnn(C)c1. The third kappa shape index (κ3) is 6.55. The van der Waals surface area contributed by atoms with Crippen molar-refractivity contribution < 1.29 is 14.2 Å². The maximum atomic E-state index is 13.0. The van der Waals surface area contributed by atoms with Crippen molar-refractivity contribution in [3.05, 3.63) is 77.9 Å². The highest BCUT2D eigenvalue weighted by molar-refractivity contribution is 5.79. The predicted octanol–water partition coefficient (Wildman–Crippen LogP) is 3.31. The second-order valence-corrected chi connectivity index (χ2v) is 7.43. The fraction of sp³-hybridized carbons (Fsp3) is 0.304. The van der Waals surface area contributed by atoms with E-state index in [9.17, 15) is 9.50 Å². The number of ether oxygens (including phenoxy) is 1. The van der Waals surface area contributed by atoms with Crippen LogP contribution in [0.4, 0.5) is 4.39 Å². The standard InChI is InChI=1S/C23H28FN5O2/c1-4-25-22(27-16-23(2,30)18-14-28-29(3)15-18)26-13-17-5-9-20(10-6-17)31-21-11-7-19(24)8-12-21/h5-12,14-15,30H,4,13,16H2,1-3H3,(H2,25,26,27). The van der Waals surface area contributed by atoms with E-state index in [-0.39, 0.29) is 12.4 Å². The molecule has 0 spiro atoms. The summed E-state index contributed by atoms with van der Waals surface area (Å²) in [5.74, 6) is 1.55. The fourth-order valence-electron chi connectivity index (χ4n) is 2.87.